The summed E-state index contributed by atoms with van der Waals surface area (Å²) in [6.45, 7) is 0. The first kappa shape index (κ1) is 9.74. The van der Waals surface area contributed by atoms with E-state index in [-0.39, 0.29) is 12.0 Å². The lowest BCUT2D eigenvalue weighted by Crippen LogP contribution is -2.32. The summed E-state index contributed by atoms with van der Waals surface area (Å²) >= 11 is 0. The monoisotopic (exact) mass is 158 g/mol. The van der Waals surface area contributed by atoms with Crippen LogP contribution in [0.3, 0.4) is 0 Å². The minimum absolute atomic E-state index is 0.0382. The molecule has 0 spiro atoms. The van der Waals surface area contributed by atoms with Crippen LogP contribution in [0.5, 0.6) is 0 Å². The molecule has 0 unspecified atom stereocenters. The zero-order valence-corrected chi connectivity index (χ0v) is 7.30. The zero-order valence-electron chi connectivity index (χ0n) is 7.30. The Morgan fingerprint density at radius 2 is 1.18 bits per heavy atom. The van der Waals surface area contributed by atoms with Gasteiger partial charge in [0.2, 0.25) is 0 Å². The Balaban J connectivity index is 3.86. The molecule has 5 nitrogen and oxygen atoms in total. The summed E-state index contributed by atoms with van der Waals surface area (Å²) < 4.78 is 4.79. The standard InChI is InChI=1S/C6H14N4O/c1-9(2)5(7)11-6(8)10(3)4/h7-8H,1-4H3. The van der Waals surface area contributed by atoms with Crippen molar-refractivity contribution >= 4 is 12.0 Å². The highest BCUT2D eigenvalue weighted by atomic mass is 16.5. The molecule has 5 heteroatoms. The minimum Gasteiger partial charge on any atom is -0.392 e. The van der Waals surface area contributed by atoms with Crippen molar-refractivity contribution in [1.29, 1.82) is 10.8 Å². The summed E-state index contributed by atoms with van der Waals surface area (Å²) in [5.41, 5.74) is 0. The lowest BCUT2D eigenvalue weighted by molar-refractivity contribution is 0.358. The van der Waals surface area contributed by atoms with Gasteiger partial charge in [-0.15, -0.1) is 0 Å². The molecule has 0 aromatic heterocycles. The van der Waals surface area contributed by atoms with Crippen LogP contribution in [0.2, 0.25) is 0 Å². The highest BCUT2D eigenvalue weighted by molar-refractivity contribution is 5.85. The Morgan fingerprint density at radius 1 is 0.909 bits per heavy atom. The second-order valence-electron chi connectivity index (χ2n) is 2.50. The number of hydrogen-bond acceptors (Lipinski definition) is 3. The van der Waals surface area contributed by atoms with Crippen LogP contribution in [0.15, 0.2) is 0 Å². The first-order valence-electron chi connectivity index (χ1n) is 3.14. The third-order valence-corrected chi connectivity index (χ3v) is 1.01. The lowest BCUT2D eigenvalue weighted by atomic mass is 10.8. The van der Waals surface area contributed by atoms with Crippen molar-refractivity contribution in [2.24, 2.45) is 0 Å². The normalized spacial score (nSPS) is 8.73. The van der Waals surface area contributed by atoms with E-state index in [1.807, 2.05) is 0 Å². The van der Waals surface area contributed by atoms with Crippen molar-refractivity contribution in [2.45, 2.75) is 0 Å². The first-order chi connectivity index (χ1) is 4.95. The average molecular weight is 158 g/mol. The van der Waals surface area contributed by atoms with Crippen LogP contribution in [0.4, 0.5) is 0 Å². The lowest BCUT2D eigenvalue weighted by Gasteiger charge is -2.17. The molecular weight excluding hydrogens is 144 g/mol. The van der Waals surface area contributed by atoms with Crippen LogP contribution in [-0.2, 0) is 4.74 Å². The second kappa shape index (κ2) is 3.80. The highest BCUT2D eigenvalue weighted by Crippen LogP contribution is 1.87. The molecule has 0 aromatic rings. The maximum Gasteiger partial charge on any atom is 0.291 e. The fraction of sp³-hybridized carbons (Fsp3) is 0.667. The van der Waals surface area contributed by atoms with Crippen LogP contribution in [0.25, 0.3) is 0 Å². The van der Waals surface area contributed by atoms with Crippen LogP contribution < -0.4 is 0 Å². The summed E-state index contributed by atoms with van der Waals surface area (Å²) in [4.78, 5) is 2.97. The topological polar surface area (TPSA) is 63.4 Å². The maximum atomic E-state index is 7.20. The zero-order chi connectivity index (χ0) is 9.02. The molecule has 0 fully saturated rings. The Labute approximate surface area is 66.6 Å². The van der Waals surface area contributed by atoms with Crippen LogP contribution in [0.1, 0.15) is 0 Å². The summed E-state index contributed by atoms with van der Waals surface area (Å²) in [6.07, 6.45) is 0. The van der Waals surface area contributed by atoms with E-state index in [0.717, 1.165) is 0 Å². The molecule has 0 amide bonds. The Bertz CT molecular complexity index is 146. The van der Waals surface area contributed by atoms with Gasteiger partial charge >= 0.3 is 0 Å². The summed E-state index contributed by atoms with van der Waals surface area (Å²) in [5.74, 6) is 0. The Morgan fingerprint density at radius 3 is 1.36 bits per heavy atom. The smallest absolute Gasteiger partial charge is 0.291 e. The number of nitrogens with one attached hydrogen (secondary N) is 2. The van der Waals surface area contributed by atoms with Gasteiger partial charge in [-0.2, -0.15) is 0 Å². The van der Waals surface area contributed by atoms with Crippen molar-refractivity contribution in [3.8, 4) is 0 Å². The fourth-order valence-corrected chi connectivity index (χ4v) is 0.274. The summed E-state index contributed by atoms with van der Waals surface area (Å²) in [6, 6.07) is -0.0765. The van der Waals surface area contributed by atoms with E-state index in [0.29, 0.717) is 0 Å². The highest BCUT2D eigenvalue weighted by Gasteiger charge is 2.05. The molecule has 11 heavy (non-hydrogen) atoms. The van der Waals surface area contributed by atoms with Crippen LogP contribution in [0, 0.1) is 10.8 Å². The SMILES string of the molecule is CN(C)C(=N)OC(=N)N(C)C. The molecule has 0 bridgehead atoms. The number of rotatable bonds is 0. The maximum absolute atomic E-state index is 7.20. The van der Waals surface area contributed by atoms with Gasteiger partial charge in [0, 0.05) is 28.2 Å². The van der Waals surface area contributed by atoms with Gasteiger partial charge in [0.1, 0.15) is 0 Å². The van der Waals surface area contributed by atoms with E-state index in [2.05, 4.69) is 0 Å². The second-order valence-corrected chi connectivity index (χ2v) is 2.50. The molecule has 0 atom stereocenters. The molecule has 0 aliphatic rings. The molecule has 0 aromatic carbocycles. The van der Waals surface area contributed by atoms with E-state index < -0.39 is 0 Å². The third kappa shape index (κ3) is 3.44. The van der Waals surface area contributed by atoms with Gasteiger partial charge in [0.15, 0.2) is 0 Å². The molecule has 0 radical (unpaired) electrons. The third-order valence-electron chi connectivity index (χ3n) is 1.01. The van der Waals surface area contributed by atoms with Gasteiger partial charge < -0.3 is 14.5 Å². The number of ether oxygens (including phenoxy) is 1. The van der Waals surface area contributed by atoms with Crippen molar-refractivity contribution in [2.75, 3.05) is 28.2 Å². The van der Waals surface area contributed by atoms with Crippen molar-refractivity contribution < 1.29 is 4.74 Å². The number of hydrogen-bond donors (Lipinski definition) is 2. The predicted octanol–water partition coefficient (Wildman–Crippen LogP) is -0.00426. The van der Waals surface area contributed by atoms with Gasteiger partial charge in [-0.1, -0.05) is 0 Å². The molecular formula is C6H14N4O. The van der Waals surface area contributed by atoms with Gasteiger partial charge in [0.25, 0.3) is 12.0 Å². The minimum atomic E-state index is -0.0382. The molecule has 0 aliphatic heterocycles. The number of amidine groups is 2. The molecule has 0 rings (SSSR count). The summed E-state index contributed by atoms with van der Waals surface area (Å²) in [7, 11) is 6.74. The Hall–Kier alpha value is -1.26. The average Bonchev–Trinajstić information content (AvgIpc) is 1.87. The quantitative estimate of drug-likeness (QED) is 0.385. The molecule has 0 aliphatic carbocycles. The van der Waals surface area contributed by atoms with E-state index in [1.165, 1.54) is 9.80 Å². The Kier molecular flexibility index (Phi) is 3.36. The van der Waals surface area contributed by atoms with E-state index in [9.17, 15) is 0 Å². The van der Waals surface area contributed by atoms with Gasteiger partial charge in [-0.3, -0.25) is 10.8 Å². The first-order valence-corrected chi connectivity index (χ1v) is 3.14. The molecule has 0 saturated heterocycles. The largest absolute Gasteiger partial charge is 0.392 e. The van der Waals surface area contributed by atoms with Crippen LogP contribution in [-0.4, -0.2) is 50.0 Å². The van der Waals surface area contributed by atoms with Gasteiger partial charge in [0.05, 0.1) is 0 Å². The fourth-order valence-electron chi connectivity index (χ4n) is 0.274. The van der Waals surface area contributed by atoms with Gasteiger partial charge in [-0.05, 0) is 0 Å². The molecule has 64 valence electrons. The van der Waals surface area contributed by atoms with Crippen molar-refractivity contribution in [3.05, 3.63) is 0 Å². The van der Waals surface area contributed by atoms with Crippen LogP contribution >= 0.6 is 0 Å². The van der Waals surface area contributed by atoms with E-state index >= 15 is 0 Å². The molecule has 0 saturated carbocycles. The van der Waals surface area contributed by atoms with Crippen molar-refractivity contribution in [3.63, 3.8) is 0 Å². The van der Waals surface area contributed by atoms with E-state index in [4.69, 9.17) is 15.6 Å². The van der Waals surface area contributed by atoms with E-state index in [1.54, 1.807) is 28.2 Å². The molecule has 2 N–H and O–H groups in total. The summed E-state index contributed by atoms with van der Waals surface area (Å²) in [5, 5.41) is 14.4. The number of nitrogens with zero attached hydrogens (tertiary/aromatic N) is 2. The van der Waals surface area contributed by atoms with Gasteiger partial charge in [-0.25, -0.2) is 0 Å². The molecule has 0 heterocycles. The predicted molar refractivity (Wildman–Crippen MR) is 43.9 cm³/mol. The van der Waals surface area contributed by atoms with Crippen molar-refractivity contribution in [1.82, 2.24) is 9.80 Å².